The minimum atomic E-state index is -1.15. The minimum absolute atomic E-state index is 0.0691. The lowest BCUT2D eigenvalue weighted by Crippen LogP contribution is -2.50. The minimum Gasteiger partial charge on any atom is -0.507 e. The molecule has 8 rings (SSSR count). The maximum absolute atomic E-state index is 13.7. The fraction of sp³-hybridized carbons (Fsp3) is 0.419. The number of allylic oxidation sites excluding steroid dienone is 1. The van der Waals surface area contributed by atoms with Gasteiger partial charge in [0.1, 0.15) is 51.6 Å². The van der Waals surface area contributed by atoms with Crippen molar-refractivity contribution in [2.24, 2.45) is 4.99 Å². The Bertz CT molecular complexity index is 2380. The van der Waals surface area contributed by atoms with Crippen LogP contribution in [0, 0.1) is 6.92 Å². The third kappa shape index (κ3) is 7.35. The third-order valence-electron chi connectivity index (χ3n) is 11.0. The van der Waals surface area contributed by atoms with Gasteiger partial charge in [-0.2, -0.15) is 0 Å². The lowest BCUT2D eigenvalue weighted by Gasteiger charge is -2.39. The van der Waals surface area contributed by atoms with Crippen LogP contribution in [0.1, 0.15) is 76.0 Å². The molecule has 7 heterocycles. The Morgan fingerprint density at radius 3 is 2.77 bits per heavy atom. The molecule has 1 saturated heterocycles. The van der Waals surface area contributed by atoms with Gasteiger partial charge in [-0.1, -0.05) is 19.8 Å². The van der Waals surface area contributed by atoms with Crippen molar-refractivity contribution < 1.29 is 28.5 Å². The van der Waals surface area contributed by atoms with Gasteiger partial charge >= 0.3 is 5.97 Å². The average Bonchev–Trinajstić information content (AvgIpc) is 3.38. The summed E-state index contributed by atoms with van der Waals surface area (Å²) >= 11 is 0. The molecule has 13 heteroatoms. The van der Waals surface area contributed by atoms with Gasteiger partial charge in [-0.15, -0.1) is 0 Å². The van der Waals surface area contributed by atoms with Gasteiger partial charge in [0.15, 0.2) is 11.0 Å². The second-order valence-electron chi connectivity index (χ2n) is 15.9. The highest BCUT2D eigenvalue weighted by atomic mass is 16.7. The van der Waals surface area contributed by atoms with E-state index in [1.807, 2.05) is 44.3 Å². The number of epoxide rings is 1. The molecule has 56 heavy (non-hydrogen) atoms. The van der Waals surface area contributed by atoms with E-state index in [1.54, 1.807) is 19.9 Å². The van der Waals surface area contributed by atoms with Crippen molar-refractivity contribution in [2.45, 2.75) is 103 Å². The summed E-state index contributed by atoms with van der Waals surface area (Å²) in [7, 11) is 0. The van der Waals surface area contributed by atoms with Crippen LogP contribution in [0.25, 0.3) is 22.2 Å². The standard InChI is InChI=1S/C43H48N6O7/c1-6-7-8-12-46-38-18-27(17-28(47-38)22-49-21-26-11-13-45-31(26)23-49)30-15-25(16-37(44)48-30)9-10-35-43(5,56-35)41(52)54-36-19-29-33(55-42(36,3)4)20-34-39(40(29)51)32(50)14-24(2)53-34/h11,13-18,20-21,35-36,51H,6-10,12,19,22-23H2,1-5H3,(H2,44,48)(H,46,47)/t35-,36-,43+/m0/s1. The molecule has 13 nitrogen and oxygen atoms in total. The monoisotopic (exact) mass is 760 g/mol. The SMILES string of the molecule is CCCCCNc1cc(-c2cc(CC[C@@H]3O[C@@]3(C)C(=O)O[C@H]3Cc4c(cc5oc(C)cc(=O)c5c4O)OC3(C)C)cc(N)n2)cc(CN2C=C3C=CN=C3C2)n1. The largest absolute Gasteiger partial charge is 0.507 e. The average molecular weight is 761 g/mol. The number of anilines is 2. The van der Waals surface area contributed by atoms with Gasteiger partial charge in [0.05, 0.1) is 36.3 Å². The van der Waals surface area contributed by atoms with Gasteiger partial charge in [-0.05, 0) is 82.9 Å². The van der Waals surface area contributed by atoms with E-state index in [0.717, 1.165) is 72.0 Å². The zero-order valence-electron chi connectivity index (χ0n) is 32.5. The van der Waals surface area contributed by atoms with E-state index in [-0.39, 0.29) is 34.7 Å². The number of aromatic nitrogens is 2. The Labute approximate surface area is 325 Å². The van der Waals surface area contributed by atoms with Crippen LogP contribution in [-0.4, -0.2) is 68.2 Å². The molecule has 0 amide bonds. The highest BCUT2D eigenvalue weighted by Gasteiger charge is 2.60. The molecule has 0 bridgehead atoms. The maximum Gasteiger partial charge on any atom is 0.341 e. The number of phenolic OH excluding ortho intramolecular Hbond substituents is 1. The lowest BCUT2D eigenvalue weighted by molar-refractivity contribution is -0.167. The predicted octanol–water partition coefficient (Wildman–Crippen LogP) is 6.53. The van der Waals surface area contributed by atoms with Crippen LogP contribution < -0.4 is 21.2 Å². The molecule has 4 aromatic rings. The van der Waals surface area contributed by atoms with Crippen molar-refractivity contribution in [1.29, 1.82) is 0 Å². The number of unbranched alkanes of at least 4 members (excludes halogenated alkanes) is 2. The number of nitrogen functional groups attached to an aromatic ring is 1. The van der Waals surface area contributed by atoms with E-state index >= 15 is 0 Å². The second kappa shape index (κ2) is 14.4. The lowest BCUT2D eigenvalue weighted by atomic mass is 9.89. The molecule has 4 aliphatic rings. The number of aliphatic imine (C=N–C) groups is 1. The Balaban J connectivity index is 0.948. The normalized spacial score (nSPS) is 21.6. The first-order valence-electron chi connectivity index (χ1n) is 19.4. The molecule has 0 spiro atoms. The van der Waals surface area contributed by atoms with E-state index in [1.165, 1.54) is 6.07 Å². The molecule has 292 valence electrons. The van der Waals surface area contributed by atoms with E-state index in [4.69, 9.17) is 34.3 Å². The highest BCUT2D eigenvalue weighted by molar-refractivity contribution is 6.07. The molecular weight excluding hydrogens is 713 g/mol. The van der Waals surface area contributed by atoms with E-state index < -0.39 is 23.3 Å². The van der Waals surface area contributed by atoms with E-state index in [2.05, 4.69) is 34.4 Å². The quantitative estimate of drug-likeness (QED) is 0.0764. The molecule has 1 aromatic carbocycles. The topological polar surface area (TPSA) is 178 Å². The van der Waals surface area contributed by atoms with Crippen LogP contribution in [-0.2, 0) is 33.7 Å². The van der Waals surface area contributed by atoms with Crippen molar-refractivity contribution in [2.75, 3.05) is 24.1 Å². The summed E-state index contributed by atoms with van der Waals surface area (Å²) in [5.74, 6) is 1.26. The molecule has 0 radical (unpaired) electrons. The first-order chi connectivity index (χ1) is 26.8. The molecular formula is C43H48N6O7. The molecule has 3 aromatic heterocycles. The first kappa shape index (κ1) is 37.2. The zero-order chi connectivity index (χ0) is 39.4. The van der Waals surface area contributed by atoms with Crippen LogP contribution in [0.4, 0.5) is 11.6 Å². The number of hydrogen-bond acceptors (Lipinski definition) is 13. The number of nitrogens with two attached hydrogens (primary N) is 1. The number of phenols is 1. The second-order valence-corrected chi connectivity index (χ2v) is 15.9. The number of ether oxygens (including phenoxy) is 3. The van der Waals surface area contributed by atoms with Crippen molar-refractivity contribution in [3.8, 4) is 22.8 Å². The van der Waals surface area contributed by atoms with Crippen molar-refractivity contribution >= 4 is 34.3 Å². The number of hydrogen-bond donors (Lipinski definition) is 3. The zero-order valence-corrected chi connectivity index (χ0v) is 32.5. The Kier molecular flexibility index (Phi) is 9.60. The highest BCUT2D eigenvalue weighted by Crippen LogP contribution is 2.45. The van der Waals surface area contributed by atoms with Gasteiger partial charge in [0.2, 0.25) is 0 Å². The molecule has 3 atom stereocenters. The predicted molar refractivity (Wildman–Crippen MR) is 214 cm³/mol. The van der Waals surface area contributed by atoms with E-state index in [0.29, 0.717) is 42.3 Å². The molecule has 0 aliphatic carbocycles. The van der Waals surface area contributed by atoms with E-state index in [9.17, 15) is 14.7 Å². The number of nitrogens with zero attached hydrogens (tertiary/aromatic N) is 4. The molecule has 4 aliphatic heterocycles. The number of carbonyl (C=O) groups is 1. The van der Waals surface area contributed by atoms with Gasteiger partial charge in [0.25, 0.3) is 0 Å². The van der Waals surface area contributed by atoms with Crippen molar-refractivity contribution in [3.63, 3.8) is 0 Å². The fourth-order valence-corrected chi connectivity index (χ4v) is 7.79. The number of aryl methyl sites for hydroxylation is 2. The molecule has 4 N–H and O–H groups in total. The van der Waals surface area contributed by atoms with Crippen LogP contribution in [0.5, 0.6) is 11.5 Å². The number of fused-ring (bicyclic) bond motifs is 3. The van der Waals surface area contributed by atoms with Crippen LogP contribution in [0.3, 0.4) is 0 Å². The summed E-state index contributed by atoms with van der Waals surface area (Å²) in [5.41, 5.74) is 10.3. The van der Waals surface area contributed by atoms with Crippen molar-refractivity contribution in [1.82, 2.24) is 14.9 Å². The summed E-state index contributed by atoms with van der Waals surface area (Å²) < 4.78 is 24.0. The summed E-state index contributed by atoms with van der Waals surface area (Å²) in [4.78, 5) is 42.7. The third-order valence-corrected chi connectivity index (χ3v) is 11.0. The van der Waals surface area contributed by atoms with Crippen LogP contribution in [0.15, 0.2) is 74.7 Å². The molecule has 0 saturated carbocycles. The number of pyridine rings is 2. The Hall–Kier alpha value is -5.69. The number of nitrogens with one attached hydrogen (secondary N) is 1. The Morgan fingerprint density at radius 2 is 1.96 bits per heavy atom. The fourth-order valence-electron chi connectivity index (χ4n) is 7.79. The van der Waals surface area contributed by atoms with Crippen LogP contribution >= 0.6 is 0 Å². The van der Waals surface area contributed by atoms with Gasteiger partial charge < -0.3 is 39.7 Å². The summed E-state index contributed by atoms with van der Waals surface area (Å²) in [6.45, 7) is 11.4. The Morgan fingerprint density at radius 1 is 1.12 bits per heavy atom. The number of carbonyl (C=O) groups excluding carboxylic acids is 1. The first-order valence-corrected chi connectivity index (χ1v) is 19.4. The smallest absolute Gasteiger partial charge is 0.341 e. The van der Waals surface area contributed by atoms with Gasteiger partial charge in [-0.25, -0.2) is 14.8 Å². The van der Waals surface area contributed by atoms with Crippen LogP contribution in [0.2, 0.25) is 0 Å². The van der Waals surface area contributed by atoms with Crippen molar-refractivity contribution in [3.05, 3.63) is 93.3 Å². The number of aromatic hydroxyl groups is 1. The number of esters is 1. The van der Waals surface area contributed by atoms with Gasteiger partial charge in [-0.3, -0.25) is 9.79 Å². The van der Waals surface area contributed by atoms with Gasteiger partial charge in [0, 0.05) is 54.2 Å². The summed E-state index contributed by atoms with van der Waals surface area (Å²) in [6.07, 6.45) is 9.50. The number of benzene rings is 1. The number of rotatable bonds is 13. The summed E-state index contributed by atoms with van der Waals surface area (Å²) in [6, 6.07) is 10.9. The summed E-state index contributed by atoms with van der Waals surface area (Å²) in [5, 5.41) is 14.7. The maximum atomic E-state index is 13.7. The molecule has 1 fully saturated rings. The molecule has 0 unspecified atom stereocenters.